The summed E-state index contributed by atoms with van der Waals surface area (Å²) >= 11 is 1.61. The molecule has 3 aromatic rings. The molecule has 2 aromatic heterocycles. The van der Waals surface area contributed by atoms with E-state index in [0.717, 1.165) is 53.1 Å². The zero-order valence-electron chi connectivity index (χ0n) is 15.7. The second-order valence-electron chi connectivity index (χ2n) is 7.23. The fraction of sp³-hybridized carbons (Fsp3) is 0.409. The van der Waals surface area contributed by atoms with Crippen LogP contribution in [-0.4, -0.2) is 15.9 Å². The fourth-order valence-electron chi connectivity index (χ4n) is 3.76. The first-order valence-corrected chi connectivity index (χ1v) is 10.7. The van der Waals surface area contributed by atoms with Gasteiger partial charge >= 0.3 is 0 Å². The monoisotopic (exact) mass is 379 g/mol. The minimum absolute atomic E-state index is 0.112. The van der Waals surface area contributed by atoms with Crippen molar-refractivity contribution in [1.29, 1.82) is 0 Å². The molecule has 5 heteroatoms. The van der Waals surface area contributed by atoms with Crippen molar-refractivity contribution >= 4 is 32.6 Å². The summed E-state index contributed by atoms with van der Waals surface area (Å²) in [7, 11) is 0. The quantitative estimate of drug-likeness (QED) is 0.599. The number of amides is 1. The van der Waals surface area contributed by atoms with Crippen molar-refractivity contribution in [3.05, 3.63) is 53.9 Å². The molecule has 0 atom stereocenters. The molecule has 0 unspecified atom stereocenters. The molecule has 140 valence electrons. The molecule has 4 rings (SSSR count). The lowest BCUT2D eigenvalue weighted by Gasteiger charge is -2.27. The number of rotatable bonds is 5. The second-order valence-corrected chi connectivity index (χ2v) is 8.24. The SMILES string of the molecule is CCc1ccc2nc(N(Cc3ccccn3)C(=O)C3CCCCC3)sc2c1. The van der Waals surface area contributed by atoms with Crippen LogP contribution < -0.4 is 4.90 Å². The molecule has 0 saturated heterocycles. The molecule has 0 N–H and O–H groups in total. The van der Waals surface area contributed by atoms with Crippen LogP contribution in [0.1, 0.15) is 50.3 Å². The molecular weight excluding hydrogens is 354 g/mol. The number of hydrogen-bond acceptors (Lipinski definition) is 4. The number of fused-ring (bicyclic) bond motifs is 1. The van der Waals surface area contributed by atoms with E-state index >= 15 is 0 Å². The van der Waals surface area contributed by atoms with E-state index in [9.17, 15) is 4.79 Å². The van der Waals surface area contributed by atoms with Crippen LogP contribution in [0.5, 0.6) is 0 Å². The van der Waals surface area contributed by atoms with Gasteiger partial charge in [0.2, 0.25) is 5.91 Å². The zero-order valence-corrected chi connectivity index (χ0v) is 16.5. The normalized spacial score (nSPS) is 15.1. The summed E-state index contributed by atoms with van der Waals surface area (Å²) in [6.07, 6.45) is 8.29. The van der Waals surface area contributed by atoms with Crippen LogP contribution in [0.4, 0.5) is 5.13 Å². The summed E-state index contributed by atoms with van der Waals surface area (Å²) in [6.45, 7) is 2.64. The van der Waals surface area contributed by atoms with E-state index < -0.39 is 0 Å². The van der Waals surface area contributed by atoms with Gasteiger partial charge in [0, 0.05) is 12.1 Å². The summed E-state index contributed by atoms with van der Waals surface area (Å²) in [6, 6.07) is 12.2. The van der Waals surface area contributed by atoms with Gasteiger partial charge in [-0.1, -0.05) is 49.7 Å². The van der Waals surface area contributed by atoms with Crippen molar-refractivity contribution in [2.75, 3.05) is 4.90 Å². The molecule has 1 saturated carbocycles. The molecule has 1 aromatic carbocycles. The molecule has 0 aliphatic heterocycles. The first-order valence-electron chi connectivity index (χ1n) is 9.85. The molecular formula is C22H25N3OS. The summed E-state index contributed by atoms with van der Waals surface area (Å²) in [5.74, 6) is 0.316. The van der Waals surface area contributed by atoms with E-state index in [4.69, 9.17) is 4.98 Å². The van der Waals surface area contributed by atoms with Gasteiger partial charge in [-0.15, -0.1) is 0 Å². The van der Waals surface area contributed by atoms with Gasteiger partial charge in [-0.2, -0.15) is 0 Å². The van der Waals surface area contributed by atoms with Gasteiger partial charge in [-0.05, 0) is 49.1 Å². The lowest BCUT2D eigenvalue weighted by atomic mass is 9.88. The molecule has 0 spiro atoms. The number of hydrogen-bond donors (Lipinski definition) is 0. The third kappa shape index (κ3) is 4.03. The Bertz CT molecular complexity index is 916. The van der Waals surface area contributed by atoms with Crippen molar-refractivity contribution < 1.29 is 4.79 Å². The van der Waals surface area contributed by atoms with Crippen molar-refractivity contribution in [3.8, 4) is 0 Å². The number of benzene rings is 1. The van der Waals surface area contributed by atoms with E-state index in [1.807, 2.05) is 23.1 Å². The Morgan fingerprint density at radius 2 is 2.04 bits per heavy atom. The van der Waals surface area contributed by atoms with Crippen LogP contribution in [0.2, 0.25) is 0 Å². The van der Waals surface area contributed by atoms with Crippen molar-refractivity contribution in [1.82, 2.24) is 9.97 Å². The fourth-order valence-corrected chi connectivity index (χ4v) is 4.79. The number of aryl methyl sites for hydroxylation is 1. The Morgan fingerprint density at radius 3 is 2.78 bits per heavy atom. The summed E-state index contributed by atoms with van der Waals surface area (Å²) < 4.78 is 1.15. The molecule has 1 aliphatic rings. The van der Waals surface area contributed by atoms with Gasteiger partial charge in [0.25, 0.3) is 0 Å². The lowest BCUT2D eigenvalue weighted by molar-refractivity contribution is -0.123. The van der Waals surface area contributed by atoms with Crippen LogP contribution in [0.25, 0.3) is 10.2 Å². The number of nitrogens with zero attached hydrogens (tertiary/aromatic N) is 3. The molecule has 4 nitrogen and oxygen atoms in total. The van der Waals surface area contributed by atoms with Gasteiger partial charge in [-0.25, -0.2) is 4.98 Å². The van der Waals surface area contributed by atoms with E-state index in [2.05, 4.69) is 30.1 Å². The second kappa shape index (κ2) is 8.17. The smallest absolute Gasteiger partial charge is 0.232 e. The maximum Gasteiger partial charge on any atom is 0.232 e. The number of carbonyl (C=O) groups excluding carboxylic acids is 1. The summed E-state index contributed by atoms with van der Waals surface area (Å²) in [5.41, 5.74) is 3.16. The van der Waals surface area contributed by atoms with Crippen molar-refractivity contribution in [3.63, 3.8) is 0 Å². The summed E-state index contributed by atoms with van der Waals surface area (Å²) in [5, 5.41) is 0.791. The van der Waals surface area contributed by atoms with Crippen LogP contribution in [0, 0.1) is 5.92 Å². The first-order chi connectivity index (χ1) is 13.2. The highest BCUT2D eigenvalue weighted by molar-refractivity contribution is 7.22. The van der Waals surface area contributed by atoms with Crippen LogP contribution in [0.3, 0.4) is 0 Å². The van der Waals surface area contributed by atoms with Crippen molar-refractivity contribution in [2.24, 2.45) is 5.92 Å². The zero-order chi connectivity index (χ0) is 18.6. The standard InChI is InChI=1S/C22H25N3OS/c1-2-16-11-12-19-20(14-16)27-22(24-19)25(15-18-10-6-7-13-23-18)21(26)17-8-4-3-5-9-17/h6-7,10-14,17H,2-5,8-9,15H2,1H3. The molecule has 0 radical (unpaired) electrons. The highest BCUT2D eigenvalue weighted by atomic mass is 32.1. The van der Waals surface area contributed by atoms with E-state index in [0.29, 0.717) is 6.54 Å². The average Bonchev–Trinajstić information content (AvgIpc) is 3.15. The van der Waals surface area contributed by atoms with Crippen molar-refractivity contribution in [2.45, 2.75) is 52.0 Å². The molecule has 1 aliphatic carbocycles. The summed E-state index contributed by atoms with van der Waals surface area (Å²) in [4.78, 5) is 24.5. The first kappa shape index (κ1) is 18.1. The highest BCUT2D eigenvalue weighted by Gasteiger charge is 2.29. The Labute approximate surface area is 164 Å². The van der Waals surface area contributed by atoms with E-state index in [1.165, 1.54) is 12.0 Å². The van der Waals surface area contributed by atoms with Gasteiger partial charge < -0.3 is 0 Å². The van der Waals surface area contributed by atoms with Gasteiger partial charge in [0.15, 0.2) is 5.13 Å². The van der Waals surface area contributed by atoms with Gasteiger partial charge in [0.05, 0.1) is 22.5 Å². The van der Waals surface area contributed by atoms with Gasteiger partial charge in [-0.3, -0.25) is 14.7 Å². The largest absolute Gasteiger partial charge is 0.282 e. The number of aromatic nitrogens is 2. The number of carbonyl (C=O) groups is 1. The Hall–Kier alpha value is -2.27. The number of thiazole rings is 1. The Kier molecular flexibility index (Phi) is 5.48. The molecule has 27 heavy (non-hydrogen) atoms. The minimum Gasteiger partial charge on any atom is -0.282 e. The highest BCUT2D eigenvalue weighted by Crippen LogP contribution is 2.33. The topological polar surface area (TPSA) is 46.1 Å². The minimum atomic E-state index is 0.112. The Balaban J connectivity index is 1.69. The number of anilines is 1. The van der Waals surface area contributed by atoms with Crippen LogP contribution in [-0.2, 0) is 17.8 Å². The van der Waals surface area contributed by atoms with E-state index in [-0.39, 0.29) is 11.8 Å². The van der Waals surface area contributed by atoms with Crippen LogP contribution in [0.15, 0.2) is 42.6 Å². The van der Waals surface area contributed by atoms with Gasteiger partial charge in [0.1, 0.15) is 0 Å². The number of pyridine rings is 1. The molecule has 2 heterocycles. The van der Waals surface area contributed by atoms with Crippen LogP contribution >= 0.6 is 11.3 Å². The maximum atomic E-state index is 13.4. The average molecular weight is 380 g/mol. The predicted molar refractivity (Wildman–Crippen MR) is 111 cm³/mol. The molecule has 0 bridgehead atoms. The third-order valence-corrected chi connectivity index (χ3v) is 6.39. The maximum absolute atomic E-state index is 13.4. The predicted octanol–water partition coefficient (Wildman–Crippen LogP) is 5.37. The third-order valence-electron chi connectivity index (χ3n) is 5.35. The van der Waals surface area contributed by atoms with E-state index in [1.54, 1.807) is 17.5 Å². The lowest BCUT2D eigenvalue weighted by Crippen LogP contribution is -2.36. The molecule has 1 amide bonds. The Morgan fingerprint density at radius 1 is 1.19 bits per heavy atom. The molecule has 1 fully saturated rings.